The molecule has 0 radical (unpaired) electrons. The van der Waals surface area contributed by atoms with Crippen molar-refractivity contribution in [1.82, 2.24) is 0 Å². The predicted molar refractivity (Wildman–Crippen MR) is 64.7 cm³/mol. The van der Waals surface area contributed by atoms with Crippen LogP contribution in [-0.4, -0.2) is 25.0 Å². The van der Waals surface area contributed by atoms with E-state index in [2.05, 4.69) is 0 Å². The molecule has 3 N–H and O–H groups in total. The molecule has 0 saturated carbocycles. The largest absolute Gasteiger partial charge is 0.399 e. The molecule has 1 aromatic rings. The second kappa shape index (κ2) is 4.84. The van der Waals surface area contributed by atoms with E-state index in [-0.39, 0.29) is 0 Å². The number of hydrogen-bond donors (Lipinski definition) is 2. The van der Waals surface area contributed by atoms with Crippen LogP contribution in [0.2, 0.25) is 0 Å². The minimum atomic E-state index is -3.27. The molecule has 1 rings (SSSR count). The zero-order valence-electron chi connectivity index (χ0n) is 9.42. The molecular formula is C11H17NO3S. The van der Waals surface area contributed by atoms with Crippen LogP contribution < -0.4 is 5.73 Å². The van der Waals surface area contributed by atoms with Gasteiger partial charge >= 0.3 is 0 Å². The number of aliphatic hydroxyl groups excluding tert-OH is 1. The topological polar surface area (TPSA) is 80.4 Å². The van der Waals surface area contributed by atoms with E-state index in [4.69, 9.17) is 5.73 Å². The summed E-state index contributed by atoms with van der Waals surface area (Å²) in [6.45, 7) is 1.74. The Morgan fingerprint density at radius 1 is 1.44 bits per heavy atom. The van der Waals surface area contributed by atoms with Gasteiger partial charge in [0.1, 0.15) is 0 Å². The van der Waals surface area contributed by atoms with Gasteiger partial charge in [-0.2, -0.15) is 0 Å². The van der Waals surface area contributed by atoms with Gasteiger partial charge in [-0.05, 0) is 24.1 Å². The number of benzene rings is 1. The maximum absolute atomic E-state index is 11.5. The van der Waals surface area contributed by atoms with Crippen LogP contribution in [0, 0.1) is 0 Å². The van der Waals surface area contributed by atoms with E-state index >= 15 is 0 Å². The van der Waals surface area contributed by atoms with Crippen molar-refractivity contribution in [3.05, 3.63) is 29.8 Å². The summed E-state index contributed by atoms with van der Waals surface area (Å²) in [6.07, 6.45) is 0.481. The molecule has 0 bridgehead atoms. The first-order valence-corrected chi connectivity index (χ1v) is 7.04. The minimum Gasteiger partial charge on any atom is -0.399 e. The molecule has 0 fully saturated rings. The summed E-state index contributed by atoms with van der Waals surface area (Å²) in [4.78, 5) is 0. The molecule has 0 saturated heterocycles. The smallest absolute Gasteiger partial charge is 0.153 e. The molecule has 0 heterocycles. The Morgan fingerprint density at radius 2 is 2.06 bits per heavy atom. The molecule has 4 nitrogen and oxygen atoms in total. The maximum atomic E-state index is 11.5. The van der Waals surface area contributed by atoms with Crippen LogP contribution in [0.1, 0.15) is 25.0 Å². The molecule has 0 amide bonds. The van der Waals surface area contributed by atoms with Crippen LogP contribution in [0.4, 0.5) is 5.69 Å². The molecule has 2 atom stereocenters. The standard InChI is InChI=1S/C11H17NO3S/c1-3-10(16(2,14)15)11(13)8-5-4-6-9(12)7-8/h4-7,10-11,13H,3,12H2,1-2H3/t10-,11-/m0/s1. The summed E-state index contributed by atoms with van der Waals surface area (Å²) >= 11 is 0. The van der Waals surface area contributed by atoms with Crippen LogP contribution in [0.5, 0.6) is 0 Å². The molecule has 1 aromatic carbocycles. The Bertz CT molecular complexity index is 456. The van der Waals surface area contributed by atoms with E-state index in [1.807, 2.05) is 0 Å². The van der Waals surface area contributed by atoms with Gasteiger partial charge in [-0.1, -0.05) is 19.1 Å². The molecule has 90 valence electrons. The first-order chi connectivity index (χ1) is 7.36. The second-order valence-electron chi connectivity index (χ2n) is 3.89. The number of sulfone groups is 1. The van der Waals surface area contributed by atoms with E-state index < -0.39 is 21.2 Å². The molecule has 0 aliphatic heterocycles. The third-order valence-electron chi connectivity index (χ3n) is 2.56. The highest BCUT2D eigenvalue weighted by molar-refractivity contribution is 7.91. The van der Waals surface area contributed by atoms with Gasteiger partial charge in [-0.3, -0.25) is 0 Å². The molecule has 0 aliphatic carbocycles. The van der Waals surface area contributed by atoms with E-state index in [1.165, 1.54) is 0 Å². The minimum absolute atomic E-state index is 0.370. The van der Waals surface area contributed by atoms with E-state index in [0.29, 0.717) is 17.7 Å². The van der Waals surface area contributed by atoms with Crippen molar-refractivity contribution in [2.45, 2.75) is 24.7 Å². The van der Waals surface area contributed by atoms with Crippen molar-refractivity contribution in [3.8, 4) is 0 Å². The van der Waals surface area contributed by atoms with Crippen molar-refractivity contribution in [2.24, 2.45) is 0 Å². The highest BCUT2D eigenvalue weighted by Gasteiger charge is 2.28. The number of hydrogen-bond acceptors (Lipinski definition) is 4. The fraction of sp³-hybridized carbons (Fsp3) is 0.455. The molecule has 16 heavy (non-hydrogen) atoms. The molecule has 5 heteroatoms. The normalized spacial score (nSPS) is 15.7. The van der Waals surface area contributed by atoms with Crippen molar-refractivity contribution < 1.29 is 13.5 Å². The van der Waals surface area contributed by atoms with E-state index in [1.54, 1.807) is 31.2 Å². The van der Waals surface area contributed by atoms with Crippen molar-refractivity contribution >= 4 is 15.5 Å². The van der Waals surface area contributed by atoms with Gasteiger partial charge in [0, 0.05) is 11.9 Å². The van der Waals surface area contributed by atoms with E-state index in [9.17, 15) is 13.5 Å². The highest BCUT2D eigenvalue weighted by Crippen LogP contribution is 2.25. The second-order valence-corrected chi connectivity index (χ2v) is 6.16. The van der Waals surface area contributed by atoms with Gasteiger partial charge in [-0.15, -0.1) is 0 Å². The lowest BCUT2D eigenvalue weighted by molar-refractivity contribution is 0.169. The zero-order chi connectivity index (χ0) is 12.3. The van der Waals surface area contributed by atoms with Crippen LogP contribution >= 0.6 is 0 Å². The quantitative estimate of drug-likeness (QED) is 0.777. The maximum Gasteiger partial charge on any atom is 0.153 e. The zero-order valence-corrected chi connectivity index (χ0v) is 10.2. The third-order valence-corrected chi connectivity index (χ3v) is 4.25. The number of anilines is 1. The number of rotatable bonds is 4. The molecule has 0 aliphatic rings. The Hall–Kier alpha value is -1.07. The summed E-state index contributed by atoms with van der Waals surface area (Å²) in [5, 5.41) is 9.22. The van der Waals surface area contributed by atoms with Crippen LogP contribution in [0.25, 0.3) is 0 Å². The Morgan fingerprint density at radius 3 is 2.50 bits per heavy atom. The average molecular weight is 243 g/mol. The highest BCUT2D eigenvalue weighted by atomic mass is 32.2. The summed E-state index contributed by atoms with van der Waals surface area (Å²) in [6, 6.07) is 6.66. The van der Waals surface area contributed by atoms with Crippen LogP contribution in [0.15, 0.2) is 24.3 Å². The first-order valence-electron chi connectivity index (χ1n) is 5.08. The van der Waals surface area contributed by atoms with Gasteiger partial charge < -0.3 is 10.8 Å². The van der Waals surface area contributed by atoms with Crippen molar-refractivity contribution in [1.29, 1.82) is 0 Å². The van der Waals surface area contributed by atoms with Crippen molar-refractivity contribution in [3.63, 3.8) is 0 Å². The lowest BCUT2D eigenvalue weighted by Gasteiger charge is -2.20. The van der Waals surface area contributed by atoms with Crippen LogP contribution in [-0.2, 0) is 9.84 Å². The molecule has 0 spiro atoms. The SMILES string of the molecule is CC[C@@H]([C@@H](O)c1cccc(N)c1)S(C)(=O)=O. The molecule has 0 aromatic heterocycles. The predicted octanol–water partition coefficient (Wildman–Crippen LogP) is 1.13. The van der Waals surface area contributed by atoms with Gasteiger partial charge in [0.05, 0.1) is 11.4 Å². The Balaban J connectivity index is 3.05. The summed E-state index contributed by atoms with van der Waals surface area (Å²) in [5.41, 5.74) is 6.64. The Labute approximate surface area is 96.0 Å². The summed E-state index contributed by atoms with van der Waals surface area (Å²) < 4.78 is 22.9. The number of nitrogens with two attached hydrogens (primary N) is 1. The van der Waals surface area contributed by atoms with Gasteiger partial charge in [0.15, 0.2) is 9.84 Å². The van der Waals surface area contributed by atoms with Gasteiger partial charge in [0.25, 0.3) is 0 Å². The fourth-order valence-corrected chi connectivity index (χ4v) is 2.95. The molecular weight excluding hydrogens is 226 g/mol. The van der Waals surface area contributed by atoms with Gasteiger partial charge in [-0.25, -0.2) is 8.42 Å². The molecule has 0 unspecified atom stereocenters. The van der Waals surface area contributed by atoms with Crippen LogP contribution in [0.3, 0.4) is 0 Å². The first kappa shape index (κ1) is 13.0. The summed E-state index contributed by atoms with van der Waals surface area (Å²) in [5.74, 6) is 0. The average Bonchev–Trinajstić information content (AvgIpc) is 2.16. The van der Waals surface area contributed by atoms with Gasteiger partial charge in [0.2, 0.25) is 0 Å². The monoisotopic (exact) mass is 243 g/mol. The van der Waals surface area contributed by atoms with E-state index in [0.717, 1.165) is 6.26 Å². The number of nitrogen functional groups attached to an aromatic ring is 1. The number of aliphatic hydroxyl groups is 1. The van der Waals surface area contributed by atoms with Crippen molar-refractivity contribution in [2.75, 3.05) is 12.0 Å². The lowest BCUT2D eigenvalue weighted by Crippen LogP contribution is -2.26. The third kappa shape index (κ3) is 2.96. The summed E-state index contributed by atoms with van der Waals surface area (Å²) in [7, 11) is -3.27. The fourth-order valence-electron chi connectivity index (χ4n) is 1.72. The lowest BCUT2D eigenvalue weighted by atomic mass is 10.0. The Kier molecular flexibility index (Phi) is 3.93.